The first-order valence-corrected chi connectivity index (χ1v) is 16.0. The monoisotopic (exact) mass is 667 g/mol. The Balaban J connectivity index is 0.00000405. The van der Waals surface area contributed by atoms with E-state index in [4.69, 9.17) is 15.6 Å². The van der Waals surface area contributed by atoms with Crippen molar-refractivity contribution in [3.05, 3.63) is 52.3 Å². The molecule has 0 aromatic carbocycles. The minimum atomic E-state index is -1.45. The van der Waals surface area contributed by atoms with Crippen molar-refractivity contribution in [2.45, 2.75) is 41.4 Å². The molecule has 0 saturated carbocycles. The van der Waals surface area contributed by atoms with Gasteiger partial charge in [-0.2, -0.15) is 0 Å². The molecule has 2 unspecified atom stereocenters. The summed E-state index contributed by atoms with van der Waals surface area (Å²) in [4.78, 5) is 53.1. The topological polar surface area (TPSA) is 167 Å². The highest BCUT2D eigenvalue weighted by molar-refractivity contribution is 8.01. The number of nitrogens with zero attached hydrogens (tertiary/aromatic N) is 5. The van der Waals surface area contributed by atoms with Gasteiger partial charge in [-0.05, 0) is 6.07 Å². The zero-order valence-electron chi connectivity index (χ0n) is 22.5. The van der Waals surface area contributed by atoms with Gasteiger partial charge in [0, 0.05) is 33.4 Å². The summed E-state index contributed by atoms with van der Waals surface area (Å²) in [5.41, 5.74) is 7.82. The molecule has 0 aliphatic carbocycles. The molecule has 12 nitrogen and oxygen atoms in total. The summed E-state index contributed by atoms with van der Waals surface area (Å²) >= 11 is 5.77. The molecule has 0 radical (unpaired) electrons. The molecule has 222 valence electrons. The normalized spacial score (nSPS) is 18.3. The number of aromatic nitrogens is 3. The molecule has 42 heavy (non-hydrogen) atoms. The van der Waals surface area contributed by atoms with Gasteiger partial charge in [0.1, 0.15) is 24.2 Å². The number of β-lactam (4-membered cyclic amide) rings is 1. The van der Waals surface area contributed by atoms with Crippen LogP contribution < -0.4 is 20.7 Å². The zero-order valence-corrected chi connectivity index (χ0v) is 26.6. The summed E-state index contributed by atoms with van der Waals surface area (Å²) in [5, 5.41) is 22.2. The van der Waals surface area contributed by atoms with E-state index in [1.807, 2.05) is 34.5 Å². The van der Waals surface area contributed by atoms with E-state index in [1.54, 1.807) is 28.5 Å². The number of carbonyl (C=O) groups excluding carboxylic acids is 3. The Kier molecular flexibility index (Phi) is 10.1. The van der Waals surface area contributed by atoms with Crippen molar-refractivity contribution >= 4 is 87.2 Å². The number of oxime groups is 1. The second-order valence-electron chi connectivity index (χ2n) is 9.22. The third-order valence-electron chi connectivity index (χ3n) is 6.04. The van der Waals surface area contributed by atoms with E-state index in [0.717, 1.165) is 26.9 Å². The minimum absolute atomic E-state index is 0. The molecule has 0 spiro atoms. The van der Waals surface area contributed by atoms with Crippen LogP contribution in [0.15, 0.2) is 56.1 Å². The zero-order chi connectivity index (χ0) is 29.3. The van der Waals surface area contributed by atoms with Crippen LogP contribution in [0.25, 0.3) is 11.3 Å². The van der Waals surface area contributed by atoms with E-state index >= 15 is 0 Å². The maximum absolute atomic E-state index is 13.1. The quantitative estimate of drug-likeness (QED) is 0.106. The van der Waals surface area contributed by atoms with Crippen LogP contribution in [-0.2, 0) is 25.8 Å². The lowest BCUT2D eigenvalue weighted by Crippen LogP contribution is -2.71. The number of carboxylic acids is 1. The molecule has 2 atom stereocenters. The Bertz CT molecular complexity index is 1570. The average molecular weight is 668 g/mol. The van der Waals surface area contributed by atoms with Crippen molar-refractivity contribution in [3.63, 3.8) is 0 Å². The van der Waals surface area contributed by atoms with Crippen LogP contribution >= 0.6 is 58.6 Å². The molecule has 2 aliphatic heterocycles. The Morgan fingerprint density at radius 1 is 1.33 bits per heavy atom. The van der Waals surface area contributed by atoms with Crippen LogP contribution in [0.5, 0.6) is 0 Å². The van der Waals surface area contributed by atoms with Gasteiger partial charge in [-0.3, -0.25) is 14.5 Å². The lowest BCUT2D eigenvalue weighted by Gasteiger charge is -2.50. The van der Waals surface area contributed by atoms with E-state index in [0.29, 0.717) is 16.6 Å². The van der Waals surface area contributed by atoms with Gasteiger partial charge in [-0.15, -0.1) is 46.8 Å². The lowest BCUT2D eigenvalue weighted by atomic mass is 10.0. The van der Waals surface area contributed by atoms with Crippen molar-refractivity contribution in [2.75, 3.05) is 18.6 Å². The number of nitrogens with two attached hydrogens (primary N) is 1. The van der Waals surface area contributed by atoms with Crippen LogP contribution in [0.1, 0.15) is 19.5 Å². The van der Waals surface area contributed by atoms with E-state index in [9.17, 15) is 19.5 Å². The van der Waals surface area contributed by atoms with Gasteiger partial charge in [0.2, 0.25) is 0 Å². The number of pyridine rings is 1. The Hall–Kier alpha value is -3.18. The fourth-order valence-corrected chi connectivity index (χ4v) is 8.27. The number of nitrogens with one attached hydrogen (secondary N) is 1. The van der Waals surface area contributed by atoms with Crippen molar-refractivity contribution in [1.29, 1.82) is 0 Å². The molecule has 3 aromatic rings. The van der Waals surface area contributed by atoms with Crippen LogP contribution in [0.2, 0.25) is 0 Å². The summed E-state index contributed by atoms with van der Waals surface area (Å²) < 4.78 is 2.84. The van der Waals surface area contributed by atoms with Gasteiger partial charge in [0.15, 0.2) is 34.1 Å². The smallest absolute Gasteiger partial charge is 0.276 e. The predicted octanol–water partition coefficient (Wildman–Crippen LogP) is 1.51. The molecule has 5 heterocycles. The largest absolute Gasteiger partial charge is 0.543 e. The van der Waals surface area contributed by atoms with Crippen LogP contribution in [-0.4, -0.2) is 67.9 Å². The number of anilines is 1. The number of carbonyl (C=O) groups is 3. The SMILES string of the molecule is CO/N=C(\C(=O)NC1C(=O)N2C(C(=O)[O-])=C(C[n+]3cccc(-c4csc(SC(C)C)n4)c3)CSC12)c1csc(N)n1.Cl. The van der Waals surface area contributed by atoms with Crippen molar-refractivity contribution in [1.82, 2.24) is 20.2 Å². The number of carboxylic acid groups (broad SMARTS) is 1. The fourth-order valence-electron chi connectivity index (χ4n) is 4.33. The standard InChI is InChI=1S/C25H25N7O5S4.ClH/c1-12(2)41-25-28-15(10-40-25)13-5-4-6-31(7-13)8-14-9-38-22-18(21(34)32(22)19(14)23(35)36)29-20(33)17(30-37-3)16-11-39-24(26)27-16;/h4-7,10-12,18,22H,8-9H2,1-3H3,(H3-,26,27,29,33,35,36);1H/b30-17-;. The number of fused-ring (bicyclic) bond motifs is 1. The van der Waals surface area contributed by atoms with Gasteiger partial charge in [-0.25, -0.2) is 14.5 Å². The number of amides is 2. The number of halogens is 1. The van der Waals surface area contributed by atoms with Crippen LogP contribution in [0, 0.1) is 0 Å². The molecule has 17 heteroatoms. The Labute approximate surface area is 263 Å². The predicted molar refractivity (Wildman–Crippen MR) is 163 cm³/mol. The summed E-state index contributed by atoms with van der Waals surface area (Å²) in [5.74, 6) is -2.37. The number of hydrogen-bond acceptors (Lipinski definition) is 13. The number of aliphatic carboxylic acids is 1. The maximum Gasteiger partial charge on any atom is 0.276 e. The summed E-state index contributed by atoms with van der Waals surface area (Å²) in [6, 6.07) is 2.86. The van der Waals surface area contributed by atoms with Crippen molar-refractivity contribution in [3.8, 4) is 11.3 Å². The number of thioether (sulfide) groups is 2. The highest BCUT2D eigenvalue weighted by Crippen LogP contribution is 2.40. The molecule has 5 rings (SSSR count). The maximum atomic E-state index is 13.1. The van der Waals surface area contributed by atoms with E-state index in [1.165, 1.54) is 23.8 Å². The molecular weight excluding hydrogens is 642 g/mol. The second kappa shape index (κ2) is 13.4. The Morgan fingerprint density at radius 2 is 2.12 bits per heavy atom. The third-order valence-corrected chi connectivity index (χ3v) is 10.0. The minimum Gasteiger partial charge on any atom is -0.543 e. The van der Waals surface area contributed by atoms with Crippen molar-refractivity contribution in [2.24, 2.45) is 5.16 Å². The Morgan fingerprint density at radius 3 is 2.79 bits per heavy atom. The molecule has 1 fully saturated rings. The first-order chi connectivity index (χ1) is 19.7. The molecular formula is C25H26ClN7O5S4. The van der Waals surface area contributed by atoms with E-state index in [-0.39, 0.29) is 41.2 Å². The van der Waals surface area contributed by atoms with Gasteiger partial charge in [-0.1, -0.05) is 30.8 Å². The second-order valence-corrected chi connectivity index (χ2v) is 13.9. The third kappa shape index (κ3) is 6.57. The molecule has 1 saturated heterocycles. The summed E-state index contributed by atoms with van der Waals surface area (Å²) in [6.07, 6.45) is 3.73. The van der Waals surface area contributed by atoms with Gasteiger partial charge >= 0.3 is 0 Å². The number of thiazole rings is 2. The van der Waals surface area contributed by atoms with Crippen LogP contribution in [0.3, 0.4) is 0 Å². The van der Waals surface area contributed by atoms with E-state index in [2.05, 4.69) is 29.3 Å². The lowest BCUT2D eigenvalue weighted by molar-refractivity contribution is -0.688. The molecule has 3 aromatic heterocycles. The summed E-state index contributed by atoms with van der Waals surface area (Å²) in [6.45, 7) is 4.47. The number of hydrogen-bond donors (Lipinski definition) is 2. The fraction of sp³-hybridized carbons (Fsp3) is 0.320. The van der Waals surface area contributed by atoms with Gasteiger partial charge < -0.3 is 25.8 Å². The highest BCUT2D eigenvalue weighted by Gasteiger charge is 2.53. The van der Waals surface area contributed by atoms with Gasteiger partial charge in [0.05, 0.1) is 22.9 Å². The first kappa shape index (κ1) is 31.7. The molecule has 3 N–H and O–H groups in total. The average Bonchev–Trinajstić information content (AvgIpc) is 3.58. The first-order valence-electron chi connectivity index (χ1n) is 12.3. The highest BCUT2D eigenvalue weighted by atomic mass is 35.5. The molecule has 0 bridgehead atoms. The van der Waals surface area contributed by atoms with E-state index < -0.39 is 29.2 Å². The molecule has 2 aliphatic rings. The van der Waals surface area contributed by atoms with Crippen molar-refractivity contribution < 1.29 is 28.9 Å². The van der Waals surface area contributed by atoms with Crippen LogP contribution in [0.4, 0.5) is 5.13 Å². The van der Waals surface area contributed by atoms with Gasteiger partial charge in [0.25, 0.3) is 11.8 Å². The summed E-state index contributed by atoms with van der Waals surface area (Å²) in [7, 11) is 1.28. The number of nitrogen functional groups attached to an aromatic ring is 1. The number of rotatable bonds is 10. The molecule has 2 amide bonds.